The van der Waals surface area contributed by atoms with E-state index >= 15 is 0 Å². The third-order valence-corrected chi connectivity index (χ3v) is 4.25. The van der Waals surface area contributed by atoms with E-state index in [1.807, 2.05) is 36.4 Å². The number of nitrogens with two attached hydrogens (primary N) is 1. The van der Waals surface area contributed by atoms with Gasteiger partial charge in [0.05, 0.1) is 0 Å². The molecule has 1 heterocycles. The molecule has 1 unspecified atom stereocenters. The molecule has 1 aliphatic heterocycles. The lowest BCUT2D eigenvalue weighted by molar-refractivity contribution is 0.478. The van der Waals surface area contributed by atoms with Crippen LogP contribution in [0.25, 0.3) is 0 Å². The van der Waals surface area contributed by atoms with E-state index in [1.54, 1.807) is 0 Å². The molecule has 22 heavy (non-hydrogen) atoms. The van der Waals surface area contributed by atoms with Gasteiger partial charge in [0, 0.05) is 17.2 Å². The van der Waals surface area contributed by atoms with Crippen LogP contribution in [0.1, 0.15) is 22.6 Å². The minimum atomic E-state index is 0.278. The second-order valence-corrected chi connectivity index (χ2v) is 5.67. The number of hydrogen-bond acceptors (Lipinski definition) is 2. The molecule has 0 aliphatic carbocycles. The second-order valence-electron chi connectivity index (χ2n) is 5.67. The molecule has 0 amide bonds. The fourth-order valence-corrected chi connectivity index (χ4v) is 3.11. The molecule has 0 saturated carbocycles. The minimum Gasteiger partial charge on any atom is -0.457 e. The molecule has 1 atom stereocenters. The average Bonchev–Trinajstić information content (AvgIpc) is 2.72. The quantitative estimate of drug-likeness (QED) is 0.655. The Morgan fingerprint density at radius 2 is 1.45 bits per heavy atom. The SMILES string of the molecule is Nc1ccc(C2Cc3ccccc3Oc3ccccc32)cc1. The van der Waals surface area contributed by atoms with Crippen LogP contribution in [0, 0.1) is 0 Å². The van der Waals surface area contributed by atoms with Crippen molar-refractivity contribution in [2.75, 3.05) is 5.73 Å². The molecular formula is C20H17NO. The summed E-state index contributed by atoms with van der Waals surface area (Å²) in [6.45, 7) is 0. The van der Waals surface area contributed by atoms with Crippen molar-refractivity contribution < 1.29 is 4.74 Å². The second kappa shape index (κ2) is 5.23. The number of nitrogen functional groups attached to an aromatic ring is 1. The lowest BCUT2D eigenvalue weighted by Crippen LogP contribution is -2.04. The van der Waals surface area contributed by atoms with Gasteiger partial charge in [-0.25, -0.2) is 0 Å². The Hall–Kier alpha value is -2.74. The van der Waals surface area contributed by atoms with Crippen LogP contribution in [0.5, 0.6) is 11.5 Å². The lowest BCUT2D eigenvalue weighted by atomic mass is 9.86. The van der Waals surface area contributed by atoms with Crippen LogP contribution < -0.4 is 10.5 Å². The average molecular weight is 287 g/mol. The van der Waals surface area contributed by atoms with E-state index in [2.05, 4.69) is 36.4 Å². The normalized spacial score (nSPS) is 16.1. The Bertz CT molecular complexity index is 808. The van der Waals surface area contributed by atoms with Crippen molar-refractivity contribution in [2.24, 2.45) is 0 Å². The van der Waals surface area contributed by atoms with Gasteiger partial charge in [0.2, 0.25) is 0 Å². The molecule has 3 aromatic rings. The van der Waals surface area contributed by atoms with Gasteiger partial charge in [-0.05, 0) is 41.8 Å². The Morgan fingerprint density at radius 3 is 2.27 bits per heavy atom. The number of para-hydroxylation sites is 2. The van der Waals surface area contributed by atoms with Crippen molar-refractivity contribution in [3.8, 4) is 11.5 Å². The number of anilines is 1. The van der Waals surface area contributed by atoms with Gasteiger partial charge in [-0.3, -0.25) is 0 Å². The Balaban J connectivity index is 1.88. The van der Waals surface area contributed by atoms with E-state index < -0.39 is 0 Å². The number of benzene rings is 3. The number of ether oxygens (including phenoxy) is 1. The van der Waals surface area contributed by atoms with E-state index in [-0.39, 0.29) is 5.92 Å². The third-order valence-electron chi connectivity index (χ3n) is 4.25. The summed E-state index contributed by atoms with van der Waals surface area (Å²) in [5.74, 6) is 2.17. The summed E-state index contributed by atoms with van der Waals surface area (Å²) in [6.07, 6.45) is 0.928. The minimum absolute atomic E-state index is 0.278. The summed E-state index contributed by atoms with van der Waals surface area (Å²) in [5.41, 5.74) is 10.4. The molecule has 0 spiro atoms. The van der Waals surface area contributed by atoms with E-state index in [0.29, 0.717) is 0 Å². The molecule has 3 aromatic carbocycles. The number of hydrogen-bond donors (Lipinski definition) is 1. The summed E-state index contributed by atoms with van der Waals surface area (Å²) >= 11 is 0. The Kier molecular flexibility index (Phi) is 3.08. The zero-order valence-electron chi connectivity index (χ0n) is 12.2. The van der Waals surface area contributed by atoms with Crippen molar-refractivity contribution in [3.05, 3.63) is 89.5 Å². The molecule has 2 heteroatoms. The first-order valence-corrected chi connectivity index (χ1v) is 7.51. The highest BCUT2D eigenvalue weighted by Crippen LogP contribution is 2.42. The predicted octanol–water partition coefficient (Wildman–Crippen LogP) is 4.75. The molecule has 2 N–H and O–H groups in total. The molecule has 4 rings (SSSR count). The van der Waals surface area contributed by atoms with Crippen LogP contribution in [-0.4, -0.2) is 0 Å². The van der Waals surface area contributed by atoms with Gasteiger partial charge in [0.1, 0.15) is 11.5 Å². The molecule has 0 fully saturated rings. The lowest BCUT2D eigenvalue weighted by Gasteiger charge is -2.17. The summed E-state index contributed by atoms with van der Waals surface area (Å²) in [4.78, 5) is 0. The summed E-state index contributed by atoms with van der Waals surface area (Å²) in [6, 6.07) is 24.7. The topological polar surface area (TPSA) is 35.2 Å². The van der Waals surface area contributed by atoms with Gasteiger partial charge in [0.15, 0.2) is 0 Å². The van der Waals surface area contributed by atoms with Crippen molar-refractivity contribution in [2.45, 2.75) is 12.3 Å². The van der Waals surface area contributed by atoms with Crippen LogP contribution in [0.4, 0.5) is 5.69 Å². The first-order chi connectivity index (χ1) is 10.8. The highest BCUT2D eigenvalue weighted by molar-refractivity contribution is 5.51. The smallest absolute Gasteiger partial charge is 0.131 e. The standard InChI is InChI=1S/C20H17NO/c21-16-11-9-14(10-12-16)18-13-15-5-1-3-7-19(15)22-20-8-4-2-6-17(18)20/h1-12,18H,13,21H2. The Morgan fingerprint density at radius 1 is 0.773 bits per heavy atom. The van der Waals surface area contributed by atoms with Gasteiger partial charge in [-0.15, -0.1) is 0 Å². The molecule has 108 valence electrons. The van der Waals surface area contributed by atoms with E-state index in [1.165, 1.54) is 16.7 Å². The predicted molar refractivity (Wildman–Crippen MR) is 89.4 cm³/mol. The summed E-state index contributed by atoms with van der Waals surface area (Å²) in [5, 5.41) is 0. The van der Waals surface area contributed by atoms with Crippen molar-refractivity contribution >= 4 is 5.69 Å². The van der Waals surface area contributed by atoms with Gasteiger partial charge in [-0.2, -0.15) is 0 Å². The fourth-order valence-electron chi connectivity index (χ4n) is 3.11. The van der Waals surface area contributed by atoms with Crippen LogP contribution in [0.3, 0.4) is 0 Å². The zero-order valence-corrected chi connectivity index (χ0v) is 12.2. The molecule has 2 nitrogen and oxygen atoms in total. The highest BCUT2D eigenvalue weighted by atomic mass is 16.5. The largest absolute Gasteiger partial charge is 0.457 e. The maximum Gasteiger partial charge on any atom is 0.131 e. The fraction of sp³-hybridized carbons (Fsp3) is 0.100. The third kappa shape index (κ3) is 2.23. The van der Waals surface area contributed by atoms with E-state index in [0.717, 1.165) is 23.6 Å². The van der Waals surface area contributed by atoms with Crippen molar-refractivity contribution in [1.29, 1.82) is 0 Å². The van der Waals surface area contributed by atoms with Crippen molar-refractivity contribution in [3.63, 3.8) is 0 Å². The zero-order chi connectivity index (χ0) is 14.9. The van der Waals surface area contributed by atoms with Crippen LogP contribution in [0.2, 0.25) is 0 Å². The first kappa shape index (κ1) is 13.0. The molecule has 0 radical (unpaired) electrons. The van der Waals surface area contributed by atoms with Crippen LogP contribution in [-0.2, 0) is 6.42 Å². The first-order valence-electron chi connectivity index (χ1n) is 7.51. The molecular weight excluding hydrogens is 270 g/mol. The maximum absolute atomic E-state index is 6.15. The van der Waals surface area contributed by atoms with Gasteiger partial charge < -0.3 is 10.5 Å². The molecule has 0 saturated heterocycles. The van der Waals surface area contributed by atoms with Crippen molar-refractivity contribution in [1.82, 2.24) is 0 Å². The van der Waals surface area contributed by atoms with Gasteiger partial charge >= 0.3 is 0 Å². The number of fused-ring (bicyclic) bond motifs is 2. The summed E-state index contributed by atoms with van der Waals surface area (Å²) in [7, 11) is 0. The molecule has 0 bridgehead atoms. The van der Waals surface area contributed by atoms with E-state index in [4.69, 9.17) is 10.5 Å². The Labute approximate surface area is 130 Å². The molecule has 0 aromatic heterocycles. The van der Waals surface area contributed by atoms with Gasteiger partial charge in [0.25, 0.3) is 0 Å². The van der Waals surface area contributed by atoms with E-state index in [9.17, 15) is 0 Å². The monoisotopic (exact) mass is 287 g/mol. The van der Waals surface area contributed by atoms with Gasteiger partial charge in [-0.1, -0.05) is 48.5 Å². The van der Waals surface area contributed by atoms with Crippen LogP contribution >= 0.6 is 0 Å². The maximum atomic E-state index is 6.15. The van der Waals surface area contributed by atoms with Crippen LogP contribution in [0.15, 0.2) is 72.8 Å². The number of rotatable bonds is 1. The molecule has 1 aliphatic rings. The summed E-state index contributed by atoms with van der Waals surface area (Å²) < 4.78 is 6.15. The highest BCUT2D eigenvalue weighted by Gasteiger charge is 2.24.